The van der Waals surface area contributed by atoms with E-state index in [2.05, 4.69) is 5.32 Å². The highest BCUT2D eigenvalue weighted by atomic mass is 16.4. The van der Waals surface area contributed by atoms with Gasteiger partial charge in [-0.15, -0.1) is 0 Å². The maximum atomic E-state index is 11.3. The number of aromatic carboxylic acids is 1. The van der Waals surface area contributed by atoms with Gasteiger partial charge in [0.25, 0.3) is 0 Å². The van der Waals surface area contributed by atoms with Crippen molar-refractivity contribution in [3.63, 3.8) is 0 Å². The van der Waals surface area contributed by atoms with E-state index in [1.54, 1.807) is 0 Å². The molecule has 0 fully saturated rings. The van der Waals surface area contributed by atoms with E-state index in [9.17, 15) is 14.4 Å². The van der Waals surface area contributed by atoms with Crippen LogP contribution in [0, 0.1) is 0 Å². The molecule has 2 amide bonds. The zero-order valence-corrected chi connectivity index (χ0v) is 9.64. The summed E-state index contributed by atoms with van der Waals surface area (Å²) in [7, 11) is 0. The Bertz CT molecular complexity index is 452. The van der Waals surface area contributed by atoms with Gasteiger partial charge in [0, 0.05) is 12.8 Å². The highest BCUT2D eigenvalue weighted by Crippen LogP contribution is 2.07. The van der Waals surface area contributed by atoms with Crippen LogP contribution in [0.15, 0.2) is 16.5 Å². The molecule has 0 aliphatic rings. The van der Waals surface area contributed by atoms with Crippen molar-refractivity contribution in [3.05, 3.63) is 23.7 Å². The van der Waals surface area contributed by atoms with E-state index in [1.807, 2.05) is 0 Å². The number of rotatable bonds is 7. The molecule has 0 aliphatic heterocycles. The average Bonchev–Trinajstić information content (AvgIpc) is 2.74. The monoisotopic (exact) mass is 254 g/mol. The number of hydrogen-bond acceptors (Lipinski definition) is 4. The maximum Gasteiger partial charge on any atom is 0.371 e. The fraction of sp³-hybridized carbons (Fsp3) is 0.364. The standard InChI is InChI=1S/C11H14N2O5/c12-9(14)2-1-3-10(15)13-6-7-4-5-8(18-7)11(16)17/h4-5H,1-3,6H2,(H2,12,14)(H,13,15)(H,16,17). The minimum Gasteiger partial charge on any atom is -0.475 e. The first kappa shape index (κ1) is 13.8. The smallest absolute Gasteiger partial charge is 0.371 e. The van der Waals surface area contributed by atoms with Crippen molar-refractivity contribution in [3.8, 4) is 0 Å². The Hall–Kier alpha value is -2.31. The maximum absolute atomic E-state index is 11.3. The number of furan rings is 1. The van der Waals surface area contributed by atoms with Crippen molar-refractivity contribution in [2.75, 3.05) is 0 Å². The van der Waals surface area contributed by atoms with Crippen molar-refractivity contribution in [2.24, 2.45) is 5.73 Å². The first-order valence-electron chi connectivity index (χ1n) is 5.36. The van der Waals surface area contributed by atoms with Gasteiger partial charge in [-0.05, 0) is 18.6 Å². The summed E-state index contributed by atoms with van der Waals surface area (Å²) in [5.41, 5.74) is 4.93. The van der Waals surface area contributed by atoms with Crippen LogP contribution in [-0.2, 0) is 16.1 Å². The lowest BCUT2D eigenvalue weighted by Crippen LogP contribution is -2.22. The summed E-state index contributed by atoms with van der Waals surface area (Å²) in [6.07, 6.45) is 0.743. The number of primary amides is 1. The quantitative estimate of drug-likeness (QED) is 0.643. The summed E-state index contributed by atoms with van der Waals surface area (Å²) in [5, 5.41) is 11.2. The van der Waals surface area contributed by atoms with Crippen LogP contribution in [0.1, 0.15) is 35.6 Å². The Balaban J connectivity index is 2.29. The number of amides is 2. The van der Waals surface area contributed by atoms with Crippen LogP contribution >= 0.6 is 0 Å². The molecule has 7 nitrogen and oxygen atoms in total. The number of carbonyl (C=O) groups is 3. The third-order valence-electron chi connectivity index (χ3n) is 2.16. The van der Waals surface area contributed by atoms with Gasteiger partial charge in [0.1, 0.15) is 5.76 Å². The highest BCUT2D eigenvalue weighted by Gasteiger charge is 2.09. The van der Waals surface area contributed by atoms with Gasteiger partial charge in [-0.3, -0.25) is 9.59 Å². The third-order valence-corrected chi connectivity index (χ3v) is 2.16. The molecule has 0 unspecified atom stereocenters. The van der Waals surface area contributed by atoms with Gasteiger partial charge >= 0.3 is 5.97 Å². The van der Waals surface area contributed by atoms with E-state index in [1.165, 1.54) is 12.1 Å². The molecule has 0 saturated carbocycles. The molecular formula is C11H14N2O5. The second kappa shape index (κ2) is 6.43. The predicted octanol–water partition coefficient (Wildman–Crippen LogP) is 0.250. The second-order valence-electron chi connectivity index (χ2n) is 3.67. The third kappa shape index (κ3) is 4.69. The predicted molar refractivity (Wildman–Crippen MR) is 60.6 cm³/mol. The summed E-state index contributed by atoms with van der Waals surface area (Å²) in [4.78, 5) is 32.3. The van der Waals surface area contributed by atoms with Crippen LogP contribution in [0.3, 0.4) is 0 Å². The summed E-state index contributed by atoms with van der Waals surface area (Å²) in [5.74, 6) is -1.66. The van der Waals surface area contributed by atoms with E-state index in [4.69, 9.17) is 15.3 Å². The Kier molecular flexibility index (Phi) is 4.91. The van der Waals surface area contributed by atoms with E-state index in [-0.39, 0.29) is 31.1 Å². The SMILES string of the molecule is NC(=O)CCCC(=O)NCc1ccc(C(=O)O)o1. The van der Waals surface area contributed by atoms with Gasteiger partial charge in [0.2, 0.25) is 17.6 Å². The molecule has 0 saturated heterocycles. The number of nitrogens with two attached hydrogens (primary N) is 1. The van der Waals surface area contributed by atoms with Gasteiger partial charge in [0.15, 0.2) is 0 Å². The minimum absolute atomic E-state index is 0.114. The summed E-state index contributed by atoms with van der Waals surface area (Å²) in [6, 6.07) is 2.80. The molecule has 0 aromatic carbocycles. The van der Waals surface area contributed by atoms with Crippen LogP contribution in [0.5, 0.6) is 0 Å². The Morgan fingerprint density at radius 2 is 2.00 bits per heavy atom. The van der Waals surface area contributed by atoms with Crippen molar-refractivity contribution < 1.29 is 23.9 Å². The molecule has 4 N–H and O–H groups in total. The van der Waals surface area contributed by atoms with Gasteiger partial charge < -0.3 is 20.6 Å². The Morgan fingerprint density at radius 3 is 2.56 bits per heavy atom. The van der Waals surface area contributed by atoms with E-state index < -0.39 is 11.9 Å². The molecule has 0 atom stereocenters. The fourth-order valence-corrected chi connectivity index (χ4v) is 1.29. The summed E-state index contributed by atoms with van der Waals surface area (Å²) in [6.45, 7) is 0.114. The molecule has 1 aromatic heterocycles. The first-order chi connectivity index (χ1) is 8.49. The minimum atomic E-state index is -1.16. The molecule has 0 bridgehead atoms. The lowest BCUT2D eigenvalue weighted by molar-refractivity contribution is -0.121. The first-order valence-corrected chi connectivity index (χ1v) is 5.36. The van der Waals surface area contributed by atoms with Crippen LogP contribution < -0.4 is 11.1 Å². The lowest BCUT2D eigenvalue weighted by Gasteiger charge is -2.02. The number of carbonyl (C=O) groups excluding carboxylic acids is 2. The normalized spacial score (nSPS) is 10.0. The zero-order valence-electron chi connectivity index (χ0n) is 9.64. The number of hydrogen-bond donors (Lipinski definition) is 3. The largest absolute Gasteiger partial charge is 0.475 e. The van der Waals surface area contributed by atoms with Crippen LogP contribution in [0.2, 0.25) is 0 Å². The van der Waals surface area contributed by atoms with Gasteiger partial charge in [0.05, 0.1) is 6.54 Å². The lowest BCUT2D eigenvalue weighted by atomic mass is 10.2. The molecule has 1 rings (SSSR count). The van der Waals surface area contributed by atoms with Crippen molar-refractivity contribution in [1.29, 1.82) is 0 Å². The second-order valence-corrected chi connectivity index (χ2v) is 3.67. The molecule has 0 radical (unpaired) electrons. The summed E-state index contributed by atoms with van der Waals surface area (Å²) >= 11 is 0. The van der Waals surface area contributed by atoms with Gasteiger partial charge in [-0.2, -0.15) is 0 Å². The topological polar surface area (TPSA) is 123 Å². The van der Waals surface area contributed by atoms with Crippen molar-refractivity contribution in [2.45, 2.75) is 25.8 Å². The van der Waals surface area contributed by atoms with Gasteiger partial charge in [-0.1, -0.05) is 0 Å². The van der Waals surface area contributed by atoms with Crippen LogP contribution in [0.25, 0.3) is 0 Å². The molecule has 0 aliphatic carbocycles. The number of carboxylic acid groups (broad SMARTS) is 1. The molecule has 1 heterocycles. The Labute approximate surface area is 103 Å². The summed E-state index contributed by atoms with van der Waals surface area (Å²) < 4.78 is 4.95. The van der Waals surface area contributed by atoms with Gasteiger partial charge in [-0.25, -0.2) is 4.79 Å². The molecular weight excluding hydrogens is 240 g/mol. The van der Waals surface area contributed by atoms with Crippen LogP contribution in [-0.4, -0.2) is 22.9 Å². The fourth-order valence-electron chi connectivity index (χ4n) is 1.29. The van der Waals surface area contributed by atoms with E-state index in [0.717, 1.165) is 0 Å². The number of carboxylic acids is 1. The van der Waals surface area contributed by atoms with E-state index >= 15 is 0 Å². The zero-order chi connectivity index (χ0) is 13.5. The van der Waals surface area contributed by atoms with Crippen molar-refractivity contribution in [1.82, 2.24) is 5.32 Å². The number of nitrogens with one attached hydrogen (secondary N) is 1. The van der Waals surface area contributed by atoms with Crippen LogP contribution in [0.4, 0.5) is 0 Å². The molecule has 98 valence electrons. The average molecular weight is 254 g/mol. The molecule has 18 heavy (non-hydrogen) atoms. The van der Waals surface area contributed by atoms with E-state index in [0.29, 0.717) is 12.2 Å². The molecule has 7 heteroatoms. The Morgan fingerprint density at radius 1 is 1.28 bits per heavy atom. The van der Waals surface area contributed by atoms with Crippen molar-refractivity contribution >= 4 is 17.8 Å². The molecule has 0 spiro atoms. The highest BCUT2D eigenvalue weighted by molar-refractivity contribution is 5.84. The molecule has 1 aromatic rings.